The van der Waals surface area contributed by atoms with E-state index in [4.69, 9.17) is 0 Å². The average molecular weight is 405 g/mol. The van der Waals surface area contributed by atoms with E-state index < -0.39 is 4.92 Å². The fraction of sp³-hybridized carbons (Fsp3) is 0.292. The fourth-order valence-corrected chi connectivity index (χ4v) is 3.46. The van der Waals surface area contributed by atoms with Crippen LogP contribution in [0.1, 0.15) is 47.8 Å². The van der Waals surface area contributed by atoms with Gasteiger partial charge in [0.05, 0.1) is 11.5 Å². The Morgan fingerprint density at radius 3 is 2.57 bits per heavy atom. The number of hydrogen-bond acceptors (Lipinski definition) is 3. The van der Waals surface area contributed by atoms with Crippen molar-refractivity contribution in [2.75, 3.05) is 6.54 Å². The van der Waals surface area contributed by atoms with E-state index >= 15 is 0 Å². The fourth-order valence-electron chi connectivity index (χ4n) is 3.46. The molecule has 0 bridgehead atoms. The molecule has 6 heteroatoms. The van der Waals surface area contributed by atoms with Crippen LogP contribution in [0.5, 0.6) is 0 Å². The van der Waals surface area contributed by atoms with Crippen molar-refractivity contribution in [3.8, 4) is 0 Å². The van der Waals surface area contributed by atoms with Crippen molar-refractivity contribution in [2.24, 2.45) is 0 Å². The number of nitrogens with zero attached hydrogens (tertiary/aromatic N) is 3. The third-order valence-corrected chi connectivity index (χ3v) is 5.09. The molecule has 0 aliphatic rings. The van der Waals surface area contributed by atoms with Crippen molar-refractivity contribution in [1.82, 2.24) is 9.47 Å². The van der Waals surface area contributed by atoms with E-state index in [1.165, 1.54) is 17.7 Å². The molecule has 6 nitrogen and oxygen atoms in total. The minimum absolute atomic E-state index is 0.0678. The maximum atomic E-state index is 13.2. The second-order valence-electron chi connectivity index (χ2n) is 7.35. The number of unbranched alkanes of at least 4 members (excludes halogenated alkanes) is 2. The smallest absolute Gasteiger partial charge is 0.270 e. The van der Waals surface area contributed by atoms with Gasteiger partial charge in [0.25, 0.3) is 11.6 Å². The van der Waals surface area contributed by atoms with Crippen LogP contribution < -0.4 is 0 Å². The minimum atomic E-state index is -0.469. The lowest BCUT2D eigenvalue weighted by atomic mass is 10.1. The van der Waals surface area contributed by atoms with E-state index in [0.717, 1.165) is 31.5 Å². The Bertz CT molecular complexity index is 982. The third kappa shape index (κ3) is 5.56. The van der Waals surface area contributed by atoms with Gasteiger partial charge in [-0.3, -0.25) is 14.9 Å². The number of non-ortho nitro benzene ring substituents is 1. The molecule has 1 aromatic heterocycles. The van der Waals surface area contributed by atoms with E-state index in [1.807, 2.05) is 36.5 Å². The number of nitro benzene ring substituents is 1. The molecule has 2 aromatic carbocycles. The van der Waals surface area contributed by atoms with Crippen LogP contribution in [-0.2, 0) is 13.1 Å². The standard InChI is InChI=1S/C24H27N3O3/c1-2-3-7-15-26(24(28)21-12-8-13-22(17-21)27(29)30)19-23-14-9-16-25(23)18-20-10-5-4-6-11-20/h4-6,8-14,16-17H,2-3,7,15,18-19H2,1H3. The highest BCUT2D eigenvalue weighted by Crippen LogP contribution is 2.18. The Hall–Kier alpha value is -3.41. The Morgan fingerprint density at radius 1 is 1.03 bits per heavy atom. The van der Waals surface area contributed by atoms with Crippen LogP contribution in [0.3, 0.4) is 0 Å². The van der Waals surface area contributed by atoms with Crippen molar-refractivity contribution in [3.05, 3.63) is 99.9 Å². The number of benzene rings is 2. The quantitative estimate of drug-likeness (QED) is 0.262. The zero-order valence-corrected chi connectivity index (χ0v) is 17.2. The van der Waals surface area contributed by atoms with Gasteiger partial charge in [0.1, 0.15) is 0 Å². The summed E-state index contributed by atoms with van der Waals surface area (Å²) in [4.78, 5) is 25.6. The number of aromatic nitrogens is 1. The van der Waals surface area contributed by atoms with Crippen LogP contribution in [0.15, 0.2) is 72.9 Å². The molecule has 3 rings (SSSR count). The van der Waals surface area contributed by atoms with Crippen LogP contribution in [0.4, 0.5) is 5.69 Å². The monoisotopic (exact) mass is 405 g/mol. The number of carbonyl (C=O) groups is 1. The summed E-state index contributed by atoms with van der Waals surface area (Å²) in [6, 6.07) is 20.2. The molecule has 0 aliphatic carbocycles. The molecule has 0 saturated heterocycles. The van der Waals surface area contributed by atoms with Gasteiger partial charge >= 0.3 is 0 Å². The number of carbonyl (C=O) groups excluding carboxylic acids is 1. The van der Waals surface area contributed by atoms with Gasteiger partial charge < -0.3 is 9.47 Å². The molecule has 3 aromatic rings. The van der Waals surface area contributed by atoms with Crippen LogP contribution in [0.2, 0.25) is 0 Å². The predicted octanol–water partition coefficient (Wildman–Crippen LogP) is 5.28. The summed E-state index contributed by atoms with van der Waals surface area (Å²) < 4.78 is 2.14. The molecule has 0 fully saturated rings. The topological polar surface area (TPSA) is 68.4 Å². The third-order valence-electron chi connectivity index (χ3n) is 5.09. The Morgan fingerprint density at radius 2 is 1.83 bits per heavy atom. The first-order valence-electron chi connectivity index (χ1n) is 10.3. The van der Waals surface area contributed by atoms with E-state index in [1.54, 1.807) is 17.0 Å². The van der Waals surface area contributed by atoms with E-state index in [9.17, 15) is 14.9 Å². The lowest BCUT2D eigenvalue weighted by molar-refractivity contribution is -0.384. The summed E-state index contributed by atoms with van der Waals surface area (Å²) in [5.74, 6) is -0.178. The zero-order chi connectivity index (χ0) is 21.3. The molecule has 0 N–H and O–H groups in total. The Kier molecular flexibility index (Phi) is 7.38. The molecule has 0 atom stereocenters. The summed E-state index contributed by atoms with van der Waals surface area (Å²) in [6.07, 6.45) is 5.01. The van der Waals surface area contributed by atoms with Gasteiger partial charge in [-0.25, -0.2) is 0 Å². The largest absolute Gasteiger partial charge is 0.345 e. The highest BCUT2D eigenvalue weighted by molar-refractivity contribution is 5.94. The van der Waals surface area contributed by atoms with Crippen molar-refractivity contribution in [2.45, 2.75) is 39.3 Å². The maximum absolute atomic E-state index is 13.2. The van der Waals surface area contributed by atoms with Gasteiger partial charge in [0.15, 0.2) is 0 Å². The average Bonchev–Trinajstić information content (AvgIpc) is 3.20. The van der Waals surface area contributed by atoms with Crippen LogP contribution in [0, 0.1) is 10.1 Å². The minimum Gasteiger partial charge on any atom is -0.345 e. The number of hydrogen-bond donors (Lipinski definition) is 0. The summed E-state index contributed by atoms with van der Waals surface area (Å²) >= 11 is 0. The molecule has 30 heavy (non-hydrogen) atoms. The van der Waals surface area contributed by atoms with Crippen molar-refractivity contribution in [3.63, 3.8) is 0 Å². The van der Waals surface area contributed by atoms with Gasteiger partial charge in [-0.15, -0.1) is 0 Å². The molecule has 0 saturated carbocycles. The van der Waals surface area contributed by atoms with Crippen molar-refractivity contribution < 1.29 is 9.72 Å². The van der Waals surface area contributed by atoms with Crippen molar-refractivity contribution >= 4 is 11.6 Å². The SMILES string of the molecule is CCCCCN(Cc1cccn1Cc1ccccc1)C(=O)c1cccc([N+](=O)[O-])c1. The highest BCUT2D eigenvalue weighted by Gasteiger charge is 2.19. The van der Waals surface area contributed by atoms with E-state index in [-0.39, 0.29) is 11.6 Å². The second-order valence-corrected chi connectivity index (χ2v) is 7.35. The molecule has 1 heterocycles. The first-order chi connectivity index (χ1) is 14.6. The molecule has 0 radical (unpaired) electrons. The first kappa shape index (κ1) is 21.3. The molecule has 156 valence electrons. The maximum Gasteiger partial charge on any atom is 0.270 e. The summed E-state index contributed by atoms with van der Waals surface area (Å²) in [5, 5.41) is 11.1. The highest BCUT2D eigenvalue weighted by atomic mass is 16.6. The Labute approximate surface area is 176 Å². The molecule has 1 amide bonds. The number of amides is 1. The van der Waals surface area contributed by atoms with Crippen LogP contribution >= 0.6 is 0 Å². The van der Waals surface area contributed by atoms with Gasteiger partial charge in [0.2, 0.25) is 0 Å². The van der Waals surface area contributed by atoms with Gasteiger partial charge in [0, 0.05) is 42.7 Å². The molecule has 0 aliphatic heterocycles. The Balaban J connectivity index is 1.81. The predicted molar refractivity (Wildman–Crippen MR) is 117 cm³/mol. The summed E-state index contributed by atoms with van der Waals surface area (Å²) in [5.41, 5.74) is 2.51. The van der Waals surface area contributed by atoms with Crippen LogP contribution in [0.25, 0.3) is 0 Å². The van der Waals surface area contributed by atoms with Gasteiger partial charge in [-0.05, 0) is 30.2 Å². The molecular formula is C24H27N3O3. The molecule has 0 spiro atoms. The van der Waals surface area contributed by atoms with Crippen molar-refractivity contribution in [1.29, 1.82) is 0 Å². The zero-order valence-electron chi connectivity index (χ0n) is 17.2. The lowest BCUT2D eigenvalue weighted by Crippen LogP contribution is -2.32. The van der Waals surface area contributed by atoms with E-state index in [0.29, 0.717) is 18.7 Å². The summed E-state index contributed by atoms with van der Waals surface area (Å²) in [6.45, 7) is 3.94. The number of rotatable bonds is 10. The lowest BCUT2D eigenvalue weighted by Gasteiger charge is -2.24. The van der Waals surface area contributed by atoms with Gasteiger partial charge in [-0.1, -0.05) is 56.2 Å². The summed E-state index contributed by atoms with van der Waals surface area (Å²) in [7, 11) is 0. The van der Waals surface area contributed by atoms with Crippen LogP contribution in [-0.4, -0.2) is 26.8 Å². The van der Waals surface area contributed by atoms with E-state index in [2.05, 4.69) is 23.6 Å². The second kappa shape index (κ2) is 10.4. The van der Waals surface area contributed by atoms with Gasteiger partial charge in [-0.2, -0.15) is 0 Å². The number of nitro groups is 1. The molecular weight excluding hydrogens is 378 g/mol. The first-order valence-corrected chi connectivity index (χ1v) is 10.3. The normalized spacial score (nSPS) is 10.7. The molecule has 0 unspecified atom stereocenters.